The fraction of sp³-hybridized carbons (Fsp3) is 0.171. The molecular formula is C41H36O7. The first kappa shape index (κ1) is 32.1. The third kappa shape index (κ3) is 5.47. The first-order chi connectivity index (χ1) is 22.8. The van der Waals surface area contributed by atoms with E-state index in [0.29, 0.717) is 33.0 Å². The second kappa shape index (κ2) is 12.1. The topological polar surface area (TPSA) is 135 Å². The van der Waals surface area contributed by atoms with Gasteiger partial charge in [-0.25, -0.2) is 0 Å². The molecule has 6 rings (SSSR count). The van der Waals surface area contributed by atoms with Gasteiger partial charge in [-0.1, -0.05) is 59.7 Å². The number of fused-ring (bicyclic) bond motifs is 2. The second-order valence-electron chi connectivity index (χ2n) is 12.7. The summed E-state index contributed by atoms with van der Waals surface area (Å²) in [6.07, 6.45) is 0.0233. The maximum Gasteiger partial charge on any atom is 0.171 e. The first-order valence-electron chi connectivity index (χ1n) is 15.6. The van der Waals surface area contributed by atoms with Gasteiger partial charge in [-0.2, -0.15) is 0 Å². The van der Waals surface area contributed by atoms with Crippen LogP contribution in [0.4, 0.5) is 0 Å². The number of ketones is 2. The molecule has 0 fully saturated rings. The molecule has 7 nitrogen and oxygen atoms in total. The van der Waals surface area contributed by atoms with E-state index in [1.807, 2.05) is 62.4 Å². The SMILES string of the molecule is Cc1ccc(CC(=O)c2c(O)c(C)cc3c(O)c(-c4c(C)cc5c(C(=O)Cc6ccc(C)cc6)c(O)c(O)cc5c4O)c(C)cc23)cc1. The van der Waals surface area contributed by atoms with Gasteiger partial charge in [0, 0.05) is 45.5 Å². The van der Waals surface area contributed by atoms with E-state index in [2.05, 4.69) is 0 Å². The van der Waals surface area contributed by atoms with Gasteiger partial charge in [0.1, 0.15) is 17.2 Å². The van der Waals surface area contributed by atoms with Crippen LogP contribution in [0.15, 0.2) is 72.8 Å². The Balaban J connectivity index is 1.52. The Labute approximate surface area is 278 Å². The Morgan fingerprint density at radius 3 is 1.27 bits per heavy atom. The Morgan fingerprint density at radius 2 is 0.833 bits per heavy atom. The largest absolute Gasteiger partial charge is 0.507 e. The van der Waals surface area contributed by atoms with Crippen molar-refractivity contribution in [3.63, 3.8) is 0 Å². The van der Waals surface area contributed by atoms with Gasteiger partial charge in [-0.15, -0.1) is 0 Å². The van der Waals surface area contributed by atoms with Crippen molar-refractivity contribution in [2.45, 2.75) is 47.5 Å². The average Bonchev–Trinajstić information content (AvgIpc) is 3.03. The van der Waals surface area contributed by atoms with Crippen molar-refractivity contribution in [2.24, 2.45) is 0 Å². The zero-order valence-electron chi connectivity index (χ0n) is 27.4. The molecule has 0 amide bonds. The number of aromatic hydroxyl groups is 5. The Morgan fingerprint density at radius 1 is 0.458 bits per heavy atom. The van der Waals surface area contributed by atoms with E-state index in [-0.39, 0.29) is 63.3 Å². The number of Topliss-reactive ketones (excluding diaryl/α,β-unsaturated/α-hetero) is 2. The minimum atomic E-state index is -0.575. The molecule has 6 aromatic rings. The molecule has 0 aliphatic carbocycles. The maximum atomic E-state index is 13.6. The highest BCUT2D eigenvalue weighted by atomic mass is 16.3. The zero-order chi connectivity index (χ0) is 34.6. The third-order valence-corrected chi connectivity index (χ3v) is 9.12. The molecule has 0 spiro atoms. The van der Waals surface area contributed by atoms with Gasteiger partial charge in [0.15, 0.2) is 23.1 Å². The van der Waals surface area contributed by atoms with Crippen molar-refractivity contribution in [3.8, 4) is 39.9 Å². The molecule has 5 N–H and O–H groups in total. The van der Waals surface area contributed by atoms with Crippen molar-refractivity contribution >= 4 is 33.1 Å². The van der Waals surface area contributed by atoms with E-state index in [4.69, 9.17) is 0 Å². The van der Waals surface area contributed by atoms with Crippen molar-refractivity contribution in [3.05, 3.63) is 123 Å². The highest BCUT2D eigenvalue weighted by Crippen LogP contribution is 2.50. The second-order valence-corrected chi connectivity index (χ2v) is 12.7. The number of carbonyl (C=O) groups excluding carboxylic acids is 2. The highest BCUT2D eigenvalue weighted by Gasteiger charge is 2.27. The van der Waals surface area contributed by atoms with Crippen molar-refractivity contribution in [1.82, 2.24) is 0 Å². The van der Waals surface area contributed by atoms with Crippen LogP contribution in [0.2, 0.25) is 0 Å². The minimum absolute atomic E-state index is 0.0321. The number of aryl methyl sites for hydroxylation is 5. The predicted molar refractivity (Wildman–Crippen MR) is 188 cm³/mol. The van der Waals surface area contributed by atoms with E-state index in [1.54, 1.807) is 39.0 Å². The van der Waals surface area contributed by atoms with Crippen LogP contribution < -0.4 is 0 Å². The van der Waals surface area contributed by atoms with Crippen LogP contribution in [-0.2, 0) is 12.8 Å². The lowest BCUT2D eigenvalue weighted by Crippen LogP contribution is -2.07. The lowest BCUT2D eigenvalue weighted by molar-refractivity contribution is 0.0983. The smallest absolute Gasteiger partial charge is 0.171 e. The maximum absolute atomic E-state index is 13.6. The Kier molecular flexibility index (Phi) is 8.09. The van der Waals surface area contributed by atoms with Crippen LogP contribution in [0, 0.1) is 34.6 Å². The molecule has 0 atom stereocenters. The lowest BCUT2D eigenvalue weighted by Gasteiger charge is -2.20. The molecule has 0 saturated heterocycles. The lowest BCUT2D eigenvalue weighted by atomic mass is 9.85. The van der Waals surface area contributed by atoms with Crippen LogP contribution in [-0.4, -0.2) is 37.1 Å². The van der Waals surface area contributed by atoms with Gasteiger partial charge < -0.3 is 25.5 Å². The summed E-state index contributed by atoms with van der Waals surface area (Å²) < 4.78 is 0. The summed E-state index contributed by atoms with van der Waals surface area (Å²) in [6.45, 7) is 9.00. The van der Waals surface area contributed by atoms with E-state index < -0.39 is 17.3 Å². The number of rotatable bonds is 7. The molecule has 6 aromatic carbocycles. The van der Waals surface area contributed by atoms with Gasteiger partial charge in [0.25, 0.3) is 0 Å². The Bertz CT molecular complexity index is 2130. The number of phenolic OH excluding ortho intramolecular Hbond substituents is 5. The molecule has 0 unspecified atom stereocenters. The van der Waals surface area contributed by atoms with E-state index in [0.717, 1.165) is 22.3 Å². The highest BCUT2D eigenvalue weighted by molar-refractivity contribution is 6.17. The normalized spacial score (nSPS) is 11.4. The summed E-state index contributed by atoms with van der Waals surface area (Å²) in [5.74, 6) is -2.54. The summed E-state index contributed by atoms with van der Waals surface area (Å²) in [4.78, 5) is 27.2. The zero-order valence-corrected chi connectivity index (χ0v) is 27.4. The molecular weight excluding hydrogens is 604 g/mol. The summed E-state index contributed by atoms with van der Waals surface area (Å²) >= 11 is 0. The molecule has 0 heterocycles. The fourth-order valence-corrected chi connectivity index (χ4v) is 6.56. The summed E-state index contributed by atoms with van der Waals surface area (Å²) in [6, 6.07) is 21.1. The van der Waals surface area contributed by atoms with Crippen molar-refractivity contribution in [2.75, 3.05) is 0 Å². The minimum Gasteiger partial charge on any atom is -0.507 e. The monoisotopic (exact) mass is 640 g/mol. The van der Waals surface area contributed by atoms with Gasteiger partial charge in [-0.05, 0) is 86.7 Å². The van der Waals surface area contributed by atoms with Crippen LogP contribution >= 0.6 is 0 Å². The molecule has 7 heteroatoms. The molecule has 0 aromatic heterocycles. The third-order valence-electron chi connectivity index (χ3n) is 9.12. The number of hydrogen-bond acceptors (Lipinski definition) is 7. The van der Waals surface area contributed by atoms with Gasteiger partial charge in [0.05, 0.1) is 11.1 Å². The van der Waals surface area contributed by atoms with Crippen LogP contribution in [0.3, 0.4) is 0 Å². The molecule has 48 heavy (non-hydrogen) atoms. The first-order valence-corrected chi connectivity index (χ1v) is 15.6. The van der Waals surface area contributed by atoms with E-state index in [1.165, 1.54) is 6.07 Å². The number of phenols is 5. The van der Waals surface area contributed by atoms with Crippen LogP contribution in [0.1, 0.15) is 59.7 Å². The molecule has 0 bridgehead atoms. The van der Waals surface area contributed by atoms with Crippen molar-refractivity contribution in [1.29, 1.82) is 0 Å². The van der Waals surface area contributed by atoms with E-state index >= 15 is 0 Å². The fourth-order valence-electron chi connectivity index (χ4n) is 6.56. The molecule has 0 aliphatic heterocycles. The van der Waals surface area contributed by atoms with Crippen molar-refractivity contribution < 1.29 is 35.1 Å². The van der Waals surface area contributed by atoms with Gasteiger partial charge in [0.2, 0.25) is 0 Å². The molecule has 242 valence electrons. The summed E-state index contributed by atoms with van der Waals surface area (Å²) in [5.41, 5.74) is 5.58. The number of carbonyl (C=O) groups is 2. The molecule has 0 saturated carbocycles. The van der Waals surface area contributed by atoms with E-state index in [9.17, 15) is 35.1 Å². The predicted octanol–water partition coefficient (Wildman–Crippen LogP) is 8.58. The van der Waals surface area contributed by atoms with Crippen LogP contribution in [0.5, 0.6) is 28.7 Å². The average molecular weight is 641 g/mol. The quantitative estimate of drug-likeness (QED) is 0.0871. The standard InChI is InChI=1S/C41H36O7/c1-20-6-10-25(11-7-20)17-31(42)36-27-14-22(3)34(39(46)29(27)16-24(5)38(36)45)35-23(4)15-28-30(40(35)47)19-33(44)41(48)37(28)32(43)18-26-12-8-21(2)9-13-26/h6-16,19,44-48H,17-18H2,1-5H3. The number of hydrogen-bond donors (Lipinski definition) is 5. The van der Waals surface area contributed by atoms with Crippen LogP contribution in [0.25, 0.3) is 32.7 Å². The number of benzene rings is 6. The molecule has 0 radical (unpaired) electrons. The summed E-state index contributed by atoms with van der Waals surface area (Å²) in [7, 11) is 0. The van der Waals surface area contributed by atoms with Gasteiger partial charge in [-0.3, -0.25) is 9.59 Å². The Hall–Kier alpha value is -5.82. The van der Waals surface area contributed by atoms with Gasteiger partial charge >= 0.3 is 0 Å². The summed E-state index contributed by atoms with van der Waals surface area (Å²) in [5, 5.41) is 57.3. The molecule has 0 aliphatic rings.